The van der Waals surface area contributed by atoms with Crippen LogP contribution in [0.15, 0.2) is 23.9 Å². The van der Waals surface area contributed by atoms with Gasteiger partial charge in [0, 0.05) is 12.2 Å². The molecule has 0 spiro atoms. The highest BCUT2D eigenvalue weighted by molar-refractivity contribution is 6.33. The molecule has 0 atom stereocenters. The SMILES string of the molecule is Cc1cc(C)c(N/C=C(/C#N)C(=O)NC(C)C)c(Cl)c1. The summed E-state index contributed by atoms with van der Waals surface area (Å²) in [4.78, 5) is 11.8. The first-order valence-corrected chi connectivity index (χ1v) is 6.67. The summed E-state index contributed by atoms with van der Waals surface area (Å²) < 4.78 is 0. The summed E-state index contributed by atoms with van der Waals surface area (Å²) in [5, 5.41) is 15.2. The topological polar surface area (TPSA) is 64.9 Å². The van der Waals surface area contributed by atoms with E-state index in [0.29, 0.717) is 10.7 Å². The van der Waals surface area contributed by atoms with Gasteiger partial charge in [-0.15, -0.1) is 0 Å². The first-order chi connectivity index (χ1) is 9.35. The van der Waals surface area contributed by atoms with Crippen LogP contribution in [0.2, 0.25) is 5.02 Å². The van der Waals surface area contributed by atoms with Crippen molar-refractivity contribution in [2.24, 2.45) is 0 Å². The van der Waals surface area contributed by atoms with E-state index < -0.39 is 5.91 Å². The molecule has 1 aromatic carbocycles. The molecule has 0 aliphatic heterocycles. The van der Waals surface area contributed by atoms with Crippen molar-refractivity contribution in [3.8, 4) is 6.07 Å². The molecule has 0 saturated heterocycles. The molecule has 0 saturated carbocycles. The van der Waals surface area contributed by atoms with E-state index in [0.717, 1.165) is 11.1 Å². The number of nitrogens with zero attached hydrogens (tertiary/aromatic N) is 1. The van der Waals surface area contributed by atoms with Gasteiger partial charge < -0.3 is 10.6 Å². The van der Waals surface area contributed by atoms with Gasteiger partial charge in [-0.2, -0.15) is 5.26 Å². The Morgan fingerprint density at radius 2 is 2.05 bits per heavy atom. The van der Waals surface area contributed by atoms with Crippen LogP contribution < -0.4 is 10.6 Å². The summed E-state index contributed by atoms with van der Waals surface area (Å²) >= 11 is 6.15. The molecule has 1 amide bonds. The van der Waals surface area contributed by atoms with Crippen LogP contribution >= 0.6 is 11.6 Å². The lowest BCUT2D eigenvalue weighted by Gasteiger charge is -2.11. The lowest BCUT2D eigenvalue weighted by atomic mass is 10.1. The molecule has 0 unspecified atom stereocenters. The van der Waals surface area contributed by atoms with Crippen molar-refractivity contribution < 1.29 is 4.79 Å². The Morgan fingerprint density at radius 3 is 2.55 bits per heavy atom. The van der Waals surface area contributed by atoms with E-state index in [-0.39, 0.29) is 11.6 Å². The Balaban J connectivity index is 2.96. The van der Waals surface area contributed by atoms with Crippen molar-refractivity contribution in [3.63, 3.8) is 0 Å². The number of hydrogen-bond donors (Lipinski definition) is 2. The van der Waals surface area contributed by atoms with E-state index in [9.17, 15) is 4.79 Å². The molecule has 0 aliphatic rings. The third kappa shape index (κ3) is 4.29. The van der Waals surface area contributed by atoms with Crippen molar-refractivity contribution in [2.45, 2.75) is 33.7 Å². The molecule has 20 heavy (non-hydrogen) atoms. The van der Waals surface area contributed by atoms with E-state index in [4.69, 9.17) is 16.9 Å². The van der Waals surface area contributed by atoms with Gasteiger partial charge in [-0.3, -0.25) is 4.79 Å². The highest BCUT2D eigenvalue weighted by Crippen LogP contribution is 2.27. The zero-order valence-electron chi connectivity index (χ0n) is 12.0. The summed E-state index contributed by atoms with van der Waals surface area (Å²) in [6.45, 7) is 7.53. The number of amides is 1. The summed E-state index contributed by atoms with van der Waals surface area (Å²) in [6, 6.07) is 5.65. The van der Waals surface area contributed by atoms with Gasteiger partial charge in [0.15, 0.2) is 0 Å². The molecule has 1 aromatic rings. The molecule has 0 heterocycles. The third-order valence-corrected chi connectivity index (χ3v) is 2.88. The Bertz CT molecular complexity index is 562. The van der Waals surface area contributed by atoms with Gasteiger partial charge >= 0.3 is 0 Å². The summed E-state index contributed by atoms with van der Waals surface area (Å²) in [6.07, 6.45) is 1.38. The van der Waals surface area contributed by atoms with E-state index in [1.807, 2.05) is 45.9 Å². The molecule has 2 N–H and O–H groups in total. The fraction of sp³-hybridized carbons (Fsp3) is 0.333. The molecule has 106 valence electrons. The number of benzene rings is 1. The van der Waals surface area contributed by atoms with Gasteiger partial charge in [-0.1, -0.05) is 17.7 Å². The minimum absolute atomic E-state index is 0.00902. The molecular formula is C15H18ClN3O. The van der Waals surface area contributed by atoms with Crippen molar-refractivity contribution in [1.82, 2.24) is 5.32 Å². The van der Waals surface area contributed by atoms with E-state index in [2.05, 4.69) is 10.6 Å². The summed E-state index contributed by atoms with van der Waals surface area (Å²) in [5.74, 6) is -0.407. The molecular weight excluding hydrogens is 274 g/mol. The predicted octanol–water partition coefficient (Wildman–Crippen LogP) is 3.30. The number of anilines is 1. The molecule has 4 nitrogen and oxygen atoms in total. The van der Waals surface area contributed by atoms with Gasteiger partial charge in [-0.05, 0) is 44.9 Å². The van der Waals surface area contributed by atoms with Crippen LogP contribution in [0.4, 0.5) is 5.69 Å². The first-order valence-electron chi connectivity index (χ1n) is 6.29. The second-order valence-corrected chi connectivity index (χ2v) is 5.29. The lowest BCUT2D eigenvalue weighted by molar-refractivity contribution is -0.117. The molecule has 0 radical (unpaired) electrons. The maximum Gasteiger partial charge on any atom is 0.263 e. The minimum Gasteiger partial charge on any atom is -0.359 e. The van der Waals surface area contributed by atoms with Crippen LogP contribution in [0.25, 0.3) is 0 Å². The normalized spacial score (nSPS) is 11.2. The molecule has 5 heteroatoms. The molecule has 1 rings (SSSR count). The summed E-state index contributed by atoms with van der Waals surface area (Å²) in [7, 11) is 0. The van der Waals surface area contributed by atoms with Crippen molar-refractivity contribution in [2.75, 3.05) is 5.32 Å². The number of aryl methyl sites for hydroxylation is 2. The third-order valence-electron chi connectivity index (χ3n) is 2.58. The van der Waals surface area contributed by atoms with Gasteiger partial charge in [-0.25, -0.2) is 0 Å². The smallest absolute Gasteiger partial charge is 0.263 e. The number of halogens is 1. The minimum atomic E-state index is -0.407. The molecule has 0 fully saturated rings. The maximum atomic E-state index is 11.8. The number of nitrogens with one attached hydrogen (secondary N) is 2. The largest absolute Gasteiger partial charge is 0.359 e. The zero-order valence-corrected chi connectivity index (χ0v) is 12.8. The zero-order chi connectivity index (χ0) is 15.3. The Morgan fingerprint density at radius 1 is 1.40 bits per heavy atom. The van der Waals surface area contributed by atoms with Gasteiger partial charge in [0.2, 0.25) is 0 Å². The predicted molar refractivity (Wildman–Crippen MR) is 81.5 cm³/mol. The Labute approximate surface area is 124 Å². The second-order valence-electron chi connectivity index (χ2n) is 4.88. The number of nitriles is 1. The first kappa shape index (κ1) is 16.1. The van der Waals surface area contributed by atoms with Crippen molar-refractivity contribution in [1.29, 1.82) is 5.26 Å². The average Bonchev–Trinajstić information content (AvgIpc) is 2.31. The average molecular weight is 292 g/mol. The molecule has 0 aliphatic carbocycles. The van der Waals surface area contributed by atoms with E-state index in [1.54, 1.807) is 0 Å². The molecule has 0 aromatic heterocycles. The van der Waals surface area contributed by atoms with Crippen molar-refractivity contribution in [3.05, 3.63) is 40.1 Å². The fourth-order valence-corrected chi connectivity index (χ4v) is 2.11. The lowest BCUT2D eigenvalue weighted by Crippen LogP contribution is -2.31. The quantitative estimate of drug-likeness (QED) is 0.661. The van der Waals surface area contributed by atoms with Crippen LogP contribution in [-0.4, -0.2) is 11.9 Å². The number of hydrogen-bond acceptors (Lipinski definition) is 3. The molecule has 0 bridgehead atoms. The van der Waals surface area contributed by atoms with E-state index >= 15 is 0 Å². The monoisotopic (exact) mass is 291 g/mol. The maximum absolute atomic E-state index is 11.8. The fourth-order valence-electron chi connectivity index (χ4n) is 1.73. The van der Waals surface area contributed by atoms with Crippen LogP contribution in [0.3, 0.4) is 0 Å². The number of carbonyl (C=O) groups is 1. The van der Waals surface area contributed by atoms with Crippen molar-refractivity contribution >= 4 is 23.2 Å². The van der Waals surface area contributed by atoms with Gasteiger partial charge in [0.1, 0.15) is 11.6 Å². The number of rotatable bonds is 4. The summed E-state index contributed by atoms with van der Waals surface area (Å²) in [5.41, 5.74) is 2.71. The van der Waals surface area contributed by atoms with Crippen LogP contribution in [0, 0.1) is 25.2 Å². The van der Waals surface area contributed by atoms with E-state index in [1.165, 1.54) is 6.20 Å². The van der Waals surface area contributed by atoms with Crippen LogP contribution in [-0.2, 0) is 4.79 Å². The highest BCUT2D eigenvalue weighted by Gasteiger charge is 2.10. The number of carbonyl (C=O) groups excluding carboxylic acids is 1. The Hall–Kier alpha value is -1.99. The van der Waals surface area contributed by atoms with Crippen LogP contribution in [0.1, 0.15) is 25.0 Å². The Kier molecular flexibility index (Phi) is 5.60. The van der Waals surface area contributed by atoms with Crippen LogP contribution in [0.5, 0.6) is 0 Å². The highest BCUT2D eigenvalue weighted by atomic mass is 35.5. The second kappa shape index (κ2) is 6.97. The van der Waals surface area contributed by atoms with Gasteiger partial charge in [0.25, 0.3) is 5.91 Å². The standard InChI is InChI=1S/C15H18ClN3O/c1-9(2)19-15(20)12(7-17)8-18-14-11(4)5-10(3)6-13(14)16/h5-6,8-9,18H,1-4H3,(H,19,20)/b12-8-. The van der Waals surface area contributed by atoms with Gasteiger partial charge in [0.05, 0.1) is 10.7 Å².